The first-order chi connectivity index (χ1) is 6.86. The van der Waals surface area contributed by atoms with E-state index in [0.29, 0.717) is 0 Å². The molecular formula is C7H10N6Pb2. The quantitative estimate of drug-likeness (QED) is 0.481. The van der Waals surface area contributed by atoms with Crippen LogP contribution in [0.5, 0.6) is 0 Å². The van der Waals surface area contributed by atoms with Crippen molar-refractivity contribution in [3.8, 4) is 0 Å². The second-order valence-electron chi connectivity index (χ2n) is 2.09. The Morgan fingerprint density at radius 3 is 1.40 bits per heavy atom. The summed E-state index contributed by atoms with van der Waals surface area (Å²) in [6, 6.07) is 0. The van der Waals surface area contributed by atoms with Gasteiger partial charge in [-0.25, -0.2) is 0 Å². The summed E-state index contributed by atoms with van der Waals surface area (Å²) in [5.41, 5.74) is 0. The Balaban J connectivity index is 0.000000245. The first kappa shape index (κ1) is 14.9. The van der Waals surface area contributed by atoms with Gasteiger partial charge in [-0.3, -0.25) is 0 Å². The zero-order chi connectivity index (χ0) is 10.2. The molecule has 2 aromatic rings. The predicted molar refractivity (Wildman–Crippen MR) is 58.3 cm³/mol. The topological polar surface area (TPSA) is 60.4 Å². The average molecular weight is 593 g/mol. The molecule has 4 radical (unpaired) electrons. The van der Waals surface area contributed by atoms with Gasteiger partial charge in [0.2, 0.25) is 0 Å². The van der Waals surface area contributed by atoms with Crippen LogP contribution in [-0.2, 0) is 0 Å². The van der Waals surface area contributed by atoms with E-state index >= 15 is 0 Å². The molecule has 0 amide bonds. The standard InChI is InChI=1S/2C3H3N3.CH4.2Pb/c2*4-6-2-1-5-3-6;;;/h2*1-3H;1H4;;. The van der Waals surface area contributed by atoms with Gasteiger partial charge in [-0.15, -0.1) is 0 Å². The molecule has 15 heavy (non-hydrogen) atoms. The minimum atomic E-state index is 0. The van der Waals surface area contributed by atoms with Crippen LogP contribution in [-0.4, -0.2) is 70.5 Å². The maximum absolute atomic E-state index is 3.92. The third kappa shape index (κ3) is 6.12. The van der Waals surface area contributed by atoms with Crippen molar-refractivity contribution < 1.29 is 0 Å². The third-order valence-corrected chi connectivity index (χ3v) is 3.01. The monoisotopic (exact) mass is 594 g/mol. The van der Waals surface area contributed by atoms with Crippen molar-refractivity contribution in [1.29, 1.82) is 0 Å². The van der Waals surface area contributed by atoms with Gasteiger partial charge in [0.25, 0.3) is 0 Å². The second kappa shape index (κ2) is 9.12. The molecule has 0 bridgehead atoms. The van der Waals surface area contributed by atoms with E-state index < -0.39 is 0 Å². The molecule has 2 heterocycles. The van der Waals surface area contributed by atoms with Gasteiger partial charge in [-0.1, -0.05) is 7.43 Å². The van der Waals surface area contributed by atoms with E-state index in [-0.39, 0.29) is 7.43 Å². The maximum atomic E-state index is 3.92. The molecule has 0 atom stereocenters. The van der Waals surface area contributed by atoms with Crippen molar-refractivity contribution >= 4 is 51.2 Å². The zero-order valence-corrected chi connectivity index (χ0v) is 14.9. The Morgan fingerprint density at radius 1 is 0.867 bits per heavy atom. The Bertz CT molecular complexity index is 330. The molecule has 0 aliphatic heterocycles. The Kier molecular flexibility index (Phi) is 9.03. The van der Waals surface area contributed by atoms with Crippen molar-refractivity contribution in [3.63, 3.8) is 0 Å². The van der Waals surface area contributed by atoms with Gasteiger partial charge in [-0.2, -0.15) is 0 Å². The van der Waals surface area contributed by atoms with Crippen LogP contribution >= 0.6 is 0 Å². The average Bonchev–Trinajstić information content (AvgIpc) is 2.92. The van der Waals surface area contributed by atoms with Crippen LogP contribution in [0.25, 0.3) is 0 Å². The molecular weight excluding hydrogens is 583 g/mol. The molecule has 0 saturated carbocycles. The van der Waals surface area contributed by atoms with E-state index in [0.717, 1.165) is 51.2 Å². The summed E-state index contributed by atoms with van der Waals surface area (Å²) in [5.74, 6) is 0. The number of hydrogen-bond donors (Lipinski definition) is 0. The van der Waals surface area contributed by atoms with Gasteiger partial charge in [0.05, 0.1) is 0 Å². The minimum absolute atomic E-state index is 0. The Hall–Kier alpha value is -0.136. The summed E-state index contributed by atoms with van der Waals surface area (Å²) in [6.45, 7) is 0. The van der Waals surface area contributed by atoms with Crippen molar-refractivity contribution in [2.24, 2.45) is 5.69 Å². The van der Waals surface area contributed by atoms with Gasteiger partial charge < -0.3 is 0 Å². The number of hydrogen-bond acceptors (Lipinski definition) is 4. The fraction of sp³-hybridized carbons (Fsp3) is 0.143. The first-order valence-electron chi connectivity index (χ1n) is 3.58. The molecule has 2 aromatic heterocycles. The molecule has 0 saturated heterocycles. The van der Waals surface area contributed by atoms with Crippen LogP contribution in [0.4, 0.5) is 0 Å². The molecule has 2 rings (SSSR count). The van der Waals surface area contributed by atoms with Crippen LogP contribution in [0.15, 0.2) is 43.1 Å². The van der Waals surface area contributed by atoms with Crippen LogP contribution in [0.2, 0.25) is 0 Å². The molecule has 0 fully saturated rings. The van der Waals surface area contributed by atoms with Gasteiger partial charge >= 0.3 is 114 Å². The van der Waals surface area contributed by atoms with Gasteiger partial charge in [-0.05, 0) is 0 Å². The van der Waals surface area contributed by atoms with E-state index in [9.17, 15) is 0 Å². The van der Waals surface area contributed by atoms with E-state index in [1.54, 1.807) is 34.4 Å². The van der Waals surface area contributed by atoms with Gasteiger partial charge in [0, 0.05) is 0 Å². The molecule has 0 spiro atoms. The summed E-state index contributed by atoms with van der Waals surface area (Å²) in [7, 11) is 0. The fourth-order valence-corrected chi connectivity index (χ4v) is 1.54. The van der Waals surface area contributed by atoms with Gasteiger partial charge in [0.1, 0.15) is 0 Å². The number of nitrogens with zero attached hydrogens (tertiary/aromatic N) is 6. The normalized spacial score (nSPS) is 8.00. The SMILES string of the molecule is C.[Pb]=[N]n1ccnc1.[Pb]=[N]n1ccnc1. The van der Waals surface area contributed by atoms with Crippen LogP contribution < -0.4 is 0 Å². The molecule has 0 N–H and O–H groups in total. The zero-order valence-electron chi connectivity index (χ0n) is 7.15. The molecule has 0 unspecified atom stereocenters. The predicted octanol–water partition coefficient (Wildman–Crippen LogP) is 0.633. The van der Waals surface area contributed by atoms with Gasteiger partial charge in [0.15, 0.2) is 0 Å². The van der Waals surface area contributed by atoms with E-state index in [1.807, 2.05) is 12.4 Å². The summed E-state index contributed by atoms with van der Waals surface area (Å²) in [5, 5.41) is 0. The Labute approximate surface area is 120 Å². The number of rotatable bonds is 2. The van der Waals surface area contributed by atoms with Crippen molar-refractivity contribution in [2.75, 3.05) is 0 Å². The summed E-state index contributed by atoms with van der Waals surface area (Å²) >= 11 is 1.68. The molecule has 8 heteroatoms. The summed E-state index contributed by atoms with van der Waals surface area (Å²) in [4.78, 5) is 7.57. The Morgan fingerprint density at radius 2 is 1.27 bits per heavy atom. The molecule has 6 nitrogen and oxygen atoms in total. The van der Waals surface area contributed by atoms with E-state index in [2.05, 4.69) is 15.7 Å². The summed E-state index contributed by atoms with van der Waals surface area (Å²) in [6.07, 6.45) is 10.4. The molecule has 0 aliphatic carbocycles. The number of aromatic nitrogens is 4. The van der Waals surface area contributed by atoms with Crippen LogP contribution in [0, 0.1) is 0 Å². The number of imidazole rings is 2. The molecule has 0 aromatic carbocycles. The molecule has 76 valence electrons. The summed E-state index contributed by atoms with van der Waals surface area (Å²) < 4.78 is 11.2. The van der Waals surface area contributed by atoms with Crippen molar-refractivity contribution in [3.05, 3.63) is 37.4 Å². The van der Waals surface area contributed by atoms with E-state index in [4.69, 9.17) is 0 Å². The fourth-order valence-electron chi connectivity index (χ4n) is 0.622. The van der Waals surface area contributed by atoms with E-state index in [1.165, 1.54) is 0 Å². The molecule has 0 aliphatic rings. The van der Waals surface area contributed by atoms with Crippen LogP contribution in [0.3, 0.4) is 0 Å². The van der Waals surface area contributed by atoms with Crippen molar-refractivity contribution in [1.82, 2.24) is 19.3 Å². The van der Waals surface area contributed by atoms with Crippen molar-refractivity contribution in [2.45, 2.75) is 7.43 Å². The first-order valence-corrected chi connectivity index (χ1v) is 7.06. The third-order valence-electron chi connectivity index (χ3n) is 1.21. The second-order valence-corrected chi connectivity index (χ2v) is 3.64. The van der Waals surface area contributed by atoms with Crippen LogP contribution in [0.1, 0.15) is 7.43 Å².